The van der Waals surface area contributed by atoms with Crippen molar-refractivity contribution in [2.75, 3.05) is 20.3 Å². The summed E-state index contributed by atoms with van der Waals surface area (Å²) in [5.74, 6) is -0.355. The van der Waals surface area contributed by atoms with Crippen molar-refractivity contribution in [1.82, 2.24) is 4.90 Å². The van der Waals surface area contributed by atoms with Crippen LogP contribution in [0, 0.1) is 0 Å². The SMILES string of the molecule is C=CCN1C(=O)S/C(=C/c2ccc(OCC(=O)OC)c(Br)c2)C1=O. The zero-order chi connectivity index (χ0) is 17.7. The molecule has 1 heterocycles. The molecule has 0 radical (unpaired) electrons. The average Bonchev–Trinajstić information content (AvgIpc) is 2.81. The van der Waals surface area contributed by atoms with Crippen LogP contribution >= 0.6 is 27.7 Å². The van der Waals surface area contributed by atoms with Crippen molar-refractivity contribution in [3.63, 3.8) is 0 Å². The van der Waals surface area contributed by atoms with Crippen LogP contribution in [0.5, 0.6) is 5.75 Å². The number of methoxy groups -OCH3 is 1. The lowest BCUT2D eigenvalue weighted by atomic mass is 10.2. The standard InChI is InChI=1S/C16H14BrNO5S/c1-3-6-18-15(20)13(24-16(18)21)8-10-4-5-12(11(17)7-10)23-9-14(19)22-2/h3-5,7-8H,1,6,9H2,2H3/b13-8+. The molecule has 1 fully saturated rings. The number of carbonyl (C=O) groups excluding carboxylic acids is 3. The van der Waals surface area contributed by atoms with Crippen LogP contribution in [0.2, 0.25) is 0 Å². The maximum atomic E-state index is 12.2. The minimum Gasteiger partial charge on any atom is -0.481 e. The number of amides is 2. The van der Waals surface area contributed by atoms with Crippen LogP contribution in [0.4, 0.5) is 4.79 Å². The highest BCUT2D eigenvalue weighted by atomic mass is 79.9. The van der Waals surface area contributed by atoms with Crippen LogP contribution < -0.4 is 4.74 Å². The maximum Gasteiger partial charge on any atom is 0.343 e. The molecule has 0 bridgehead atoms. The number of ether oxygens (including phenoxy) is 2. The second kappa shape index (κ2) is 8.16. The first-order valence-electron chi connectivity index (χ1n) is 6.81. The van der Waals surface area contributed by atoms with Gasteiger partial charge in [0.25, 0.3) is 11.1 Å². The Morgan fingerprint density at radius 3 is 2.79 bits per heavy atom. The Kier molecular flexibility index (Phi) is 6.22. The van der Waals surface area contributed by atoms with Crippen molar-refractivity contribution in [1.29, 1.82) is 0 Å². The molecule has 0 spiro atoms. The van der Waals surface area contributed by atoms with Crippen LogP contribution in [0.15, 0.2) is 40.2 Å². The van der Waals surface area contributed by atoms with Gasteiger partial charge in [-0.2, -0.15) is 0 Å². The Morgan fingerprint density at radius 1 is 1.42 bits per heavy atom. The number of benzene rings is 1. The number of esters is 1. The molecule has 6 nitrogen and oxygen atoms in total. The third-order valence-electron chi connectivity index (χ3n) is 3.01. The second-order valence-corrected chi connectivity index (χ2v) is 6.48. The zero-order valence-corrected chi connectivity index (χ0v) is 15.2. The van der Waals surface area contributed by atoms with Gasteiger partial charge in [0.15, 0.2) is 6.61 Å². The Balaban J connectivity index is 2.14. The lowest BCUT2D eigenvalue weighted by molar-refractivity contribution is -0.142. The van der Waals surface area contributed by atoms with E-state index in [0.29, 0.717) is 15.1 Å². The van der Waals surface area contributed by atoms with Gasteiger partial charge < -0.3 is 9.47 Å². The van der Waals surface area contributed by atoms with Crippen molar-refractivity contribution >= 4 is 50.9 Å². The van der Waals surface area contributed by atoms with Gasteiger partial charge in [0.05, 0.1) is 16.5 Å². The summed E-state index contributed by atoms with van der Waals surface area (Å²) in [6.45, 7) is 3.52. The van der Waals surface area contributed by atoms with Gasteiger partial charge in [-0.1, -0.05) is 12.1 Å². The molecule has 2 rings (SSSR count). The first kappa shape index (κ1) is 18.3. The Labute approximate surface area is 151 Å². The van der Waals surface area contributed by atoms with E-state index < -0.39 is 5.97 Å². The minimum atomic E-state index is -0.484. The van der Waals surface area contributed by atoms with E-state index in [-0.39, 0.29) is 24.3 Å². The summed E-state index contributed by atoms with van der Waals surface area (Å²) < 4.78 is 10.4. The van der Waals surface area contributed by atoms with Gasteiger partial charge in [0.2, 0.25) is 0 Å². The van der Waals surface area contributed by atoms with E-state index in [0.717, 1.165) is 22.2 Å². The van der Waals surface area contributed by atoms with Gasteiger partial charge in [0, 0.05) is 6.54 Å². The molecule has 1 aliphatic heterocycles. The van der Waals surface area contributed by atoms with Crippen molar-refractivity contribution in [2.45, 2.75) is 0 Å². The van der Waals surface area contributed by atoms with Crippen molar-refractivity contribution < 1.29 is 23.9 Å². The topological polar surface area (TPSA) is 72.9 Å². The molecule has 0 aromatic heterocycles. The molecule has 0 N–H and O–H groups in total. The highest BCUT2D eigenvalue weighted by molar-refractivity contribution is 9.10. The van der Waals surface area contributed by atoms with Crippen molar-refractivity contribution in [2.24, 2.45) is 0 Å². The quantitative estimate of drug-likeness (QED) is 0.406. The lowest BCUT2D eigenvalue weighted by Gasteiger charge is -2.08. The number of hydrogen-bond acceptors (Lipinski definition) is 6. The van der Waals surface area contributed by atoms with Crippen LogP contribution in [0.25, 0.3) is 6.08 Å². The van der Waals surface area contributed by atoms with Gasteiger partial charge >= 0.3 is 5.97 Å². The summed E-state index contributed by atoms with van der Waals surface area (Å²) >= 11 is 4.23. The molecule has 1 aromatic carbocycles. The van der Waals surface area contributed by atoms with E-state index in [9.17, 15) is 14.4 Å². The van der Waals surface area contributed by atoms with E-state index >= 15 is 0 Å². The maximum absolute atomic E-state index is 12.2. The fourth-order valence-electron chi connectivity index (χ4n) is 1.86. The fraction of sp³-hybridized carbons (Fsp3) is 0.188. The molecular weight excluding hydrogens is 398 g/mol. The van der Waals surface area contributed by atoms with E-state index in [2.05, 4.69) is 27.2 Å². The largest absolute Gasteiger partial charge is 0.481 e. The predicted octanol–water partition coefficient (Wildman–Crippen LogP) is 3.22. The number of thioether (sulfide) groups is 1. The molecule has 2 amide bonds. The molecule has 8 heteroatoms. The molecular formula is C16H14BrNO5S. The first-order valence-corrected chi connectivity index (χ1v) is 8.42. The van der Waals surface area contributed by atoms with Crippen molar-refractivity contribution in [3.05, 3.63) is 45.8 Å². The molecule has 1 aromatic rings. The number of nitrogens with zero attached hydrogens (tertiary/aromatic N) is 1. The normalized spacial score (nSPS) is 15.8. The van der Waals surface area contributed by atoms with Gasteiger partial charge in [-0.25, -0.2) is 4.79 Å². The number of hydrogen-bond donors (Lipinski definition) is 0. The zero-order valence-electron chi connectivity index (χ0n) is 12.8. The lowest BCUT2D eigenvalue weighted by Crippen LogP contribution is -2.27. The molecule has 0 saturated carbocycles. The van der Waals surface area contributed by atoms with Gasteiger partial charge in [-0.15, -0.1) is 6.58 Å². The molecule has 126 valence electrons. The van der Waals surface area contributed by atoms with Crippen molar-refractivity contribution in [3.8, 4) is 5.75 Å². The summed E-state index contributed by atoms with van der Waals surface area (Å²) in [6, 6.07) is 5.11. The molecule has 1 saturated heterocycles. The number of rotatable bonds is 6. The summed E-state index contributed by atoms with van der Waals surface area (Å²) in [4.78, 5) is 36.5. The molecule has 0 aliphatic carbocycles. The highest BCUT2D eigenvalue weighted by Crippen LogP contribution is 2.33. The Morgan fingerprint density at radius 2 is 2.17 bits per heavy atom. The fourth-order valence-corrected chi connectivity index (χ4v) is 3.22. The first-order chi connectivity index (χ1) is 11.5. The molecule has 24 heavy (non-hydrogen) atoms. The molecule has 1 aliphatic rings. The summed E-state index contributed by atoms with van der Waals surface area (Å²) in [6.07, 6.45) is 3.13. The van der Waals surface area contributed by atoms with E-state index in [1.165, 1.54) is 13.2 Å². The highest BCUT2D eigenvalue weighted by Gasteiger charge is 2.34. The van der Waals surface area contributed by atoms with E-state index in [1.807, 2.05) is 0 Å². The predicted molar refractivity (Wildman–Crippen MR) is 94.5 cm³/mol. The summed E-state index contributed by atoms with van der Waals surface area (Å²) in [5.41, 5.74) is 0.719. The third kappa shape index (κ3) is 4.27. The molecule has 0 unspecified atom stereocenters. The van der Waals surface area contributed by atoms with Crippen LogP contribution in [0.3, 0.4) is 0 Å². The van der Waals surface area contributed by atoms with Gasteiger partial charge in [0.1, 0.15) is 5.75 Å². The van der Waals surface area contributed by atoms with E-state index in [1.54, 1.807) is 24.3 Å². The number of imide groups is 1. The van der Waals surface area contributed by atoms with Gasteiger partial charge in [-0.3, -0.25) is 14.5 Å². The Bertz CT molecular complexity index is 731. The number of halogens is 1. The van der Waals surface area contributed by atoms with E-state index in [4.69, 9.17) is 4.74 Å². The Hall–Kier alpha value is -2.06. The second-order valence-electron chi connectivity index (χ2n) is 4.64. The van der Waals surface area contributed by atoms with Gasteiger partial charge in [-0.05, 0) is 51.5 Å². The monoisotopic (exact) mass is 411 g/mol. The van der Waals surface area contributed by atoms with Crippen LogP contribution in [-0.4, -0.2) is 42.3 Å². The number of carbonyl (C=O) groups is 3. The van der Waals surface area contributed by atoms with Crippen LogP contribution in [-0.2, 0) is 14.3 Å². The third-order valence-corrected chi connectivity index (χ3v) is 4.54. The smallest absolute Gasteiger partial charge is 0.343 e. The summed E-state index contributed by atoms with van der Waals surface area (Å²) in [7, 11) is 1.28. The summed E-state index contributed by atoms with van der Waals surface area (Å²) in [5, 5.41) is -0.316. The van der Waals surface area contributed by atoms with Crippen LogP contribution in [0.1, 0.15) is 5.56 Å². The molecule has 0 atom stereocenters. The minimum absolute atomic E-state index is 0.187. The average molecular weight is 412 g/mol.